The molecular formula is C22H22N2O9S. The van der Waals surface area contributed by atoms with E-state index < -0.39 is 46.2 Å². The Labute approximate surface area is 195 Å². The fourth-order valence-electron chi connectivity index (χ4n) is 3.35. The van der Waals surface area contributed by atoms with Gasteiger partial charge in [0.1, 0.15) is 23.2 Å². The first kappa shape index (κ1) is 24.7. The molecule has 0 aliphatic heterocycles. The number of aromatic hydroxyl groups is 2. The number of carboxylic acid groups (broad SMARTS) is 1. The van der Waals surface area contributed by atoms with Crippen LogP contribution in [-0.4, -0.2) is 64.1 Å². The van der Waals surface area contributed by atoms with Crippen molar-refractivity contribution in [3.63, 3.8) is 0 Å². The Bertz CT molecular complexity index is 1270. The molecule has 0 saturated carbocycles. The van der Waals surface area contributed by atoms with Crippen LogP contribution in [0, 0.1) is 0 Å². The van der Waals surface area contributed by atoms with Crippen molar-refractivity contribution >= 4 is 40.6 Å². The number of nitrogens with one attached hydrogen (secondary N) is 1. The van der Waals surface area contributed by atoms with Crippen molar-refractivity contribution in [3.05, 3.63) is 59.8 Å². The summed E-state index contributed by atoms with van der Waals surface area (Å²) >= 11 is -2.78. The third kappa shape index (κ3) is 5.02. The summed E-state index contributed by atoms with van der Waals surface area (Å²) in [5.74, 6) is -3.07. The van der Waals surface area contributed by atoms with Gasteiger partial charge in [0.2, 0.25) is 0 Å². The van der Waals surface area contributed by atoms with Crippen LogP contribution in [-0.2, 0) is 31.8 Å². The maximum absolute atomic E-state index is 12.3. The first-order valence-corrected chi connectivity index (χ1v) is 11.0. The van der Waals surface area contributed by atoms with Gasteiger partial charge in [0.05, 0.1) is 12.0 Å². The van der Waals surface area contributed by atoms with Gasteiger partial charge in [0.15, 0.2) is 28.9 Å². The lowest BCUT2D eigenvalue weighted by Gasteiger charge is -2.32. The van der Waals surface area contributed by atoms with E-state index in [9.17, 15) is 38.5 Å². The van der Waals surface area contributed by atoms with Gasteiger partial charge in [-0.25, -0.2) is 9.00 Å². The van der Waals surface area contributed by atoms with Crippen molar-refractivity contribution in [1.29, 1.82) is 0 Å². The van der Waals surface area contributed by atoms with Crippen molar-refractivity contribution in [2.24, 2.45) is 0 Å². The molecule has 0 fully saturated rings. The van der Waals surface area contributed by atoms with Crippen LogP contribution in [0.2, 0.25) is 0 Å². The van der Waals surface area contributed by atoms with Crippen LogP contribution in [0.25, 0.3) is 5.52 Å². The van der Waals surface area contributed by atoms with Crippen molar-refractivity contribution in [2.75, 3.05) is 11.9 Å². The minimum Gasteiger partial charge on any atom is -0.504 e. The Morgan fingerprint density at radius 1 is 1.21 bits per heavy atom. The average Bonchev–Trinajstić information content (AvgIpc) is 3.15. The van der Waals surface area contributed by atoms with Crippen molar-refractivity contribution in [2.45, 2.75) is 24.1 Å². The molecule has 34 heavy (non-hydrogen) atoms. The standard InChI is InChI=1S/C22H22N2O9S/c1-22(34(31)32,12-33-18(28)9-13-5-6-16(26)17(27)8-13)19(21(29)30)23-20-14(11-25)10-15-4-2-3-7-24(15)20/h2-8,10-11,19,23,26-27H,9,12H2,1H3,(H,29,30)(H,31,32)/t19-,22?/m0/s1. The van der Waals surface area contributed by atoms with E-state index in [2.05, 4.69) is 5.32 Å². The van der Waals surface area contributed by atoms with Gasteiger partial charge in [-0.05, 0) is 42.8 Å². The normalized spacial score (nSPS) is 14.6. The largest absolute Gasteiger partial charge is 0.504 e. The van der Waals surface area contributed by atoms with Crippen LogP contribution in [0.3, 0.4) is 0 Å². The van der Waals surface area contributed by atoms with Gasteiger partial charge in [-0.3, -0.25) is 9.59 Å². The van der Waals surface area contributed by atoms with Crippen LogP contribution in [0.5, 0.6) is 11.5 Å². The second-order valence-electron chi connectivity index (χ2n) is 7.70. The summed E-state index contributed by atoms with van der Waals surface area (Å²) < 4.78 is 26.8. The predicted octanol–water partition coefficient (Wildman–Crippen LogP) is 1.79. The summed E-state index contributed by atoms with van der Waals surface area (Å²) in [5.41, 5.74) is 1.02. The monoisotopic (exact) mass is 490 g/mol. The number of rotatable bonds is 10. The van der Waals surface area contributed by atoms with Gasteiger partial charge in [0, 0.05) is 11.7 Å². The number of carbonyl (C=O) groups is 3. The molecule has 11 nitrogen and oxygen atoms in total. The molecule has 0 saturated heterocycles. The van der Waals surface area contributed by atoms with Gasteiger partial charge >= 0.3 is 11.9 Å². The van der Waals surface area contributed by atoms with Crippen molar-refractivity contribution in [1.82, 2.24) is 4.40 Å². The summed E-state index contributed by atoms with van der Waals surface area (Å²) in [6, 6.07) is 8.58. The quantitative estimate of drug-likeness (QED) is 0.122. The number of phenols is 2. The lowest BCUT2D eigenvalue weighted by atomic mass is 10.0. The fraction of sp³-hybridized carbons (Fsp3) is 0.227. The molecule has 180 valence electrons. The van der Waals surface area contributed by atoms with E-state index in [0.717, 1.165) is 13.0 Å². The minimum absolute atomic E-state index is 0.0977. The molecular weight excluding hydrogens is 468 g/mol. The molecule has 0 aliphatic carbocycles. The number of benzene rings is 1. The summed E-state index contributed by atoms with van der Waals surface area (Å²) in [7, 11) is 0. The average molecular weight is 490 g/mol. The molecule has 3 rings (SSSR count). The minimum atomic E-state index is -2.78. The highest BCUT2D eigenvalue weighted by Crippen LogP contribution is 2.28. The zero-order chi connectivity index (χ0) is 25.0. The Morgan fingerprint density at radius 3 is 2.56 bits per heavy atom. The van der Waals surface area contributed by atoms with E-state index in [1.165, 1.54) is 22.6 Å². The predicted molar refractivity (Wildman–Crippen MR) is 121 cm³/mol. The van der Waals surface area contributed by atoms with E-state index >= 15 is 0 Å². The lowest BCUT2D eigenvalue weighted by Crippen LogP contribution is -2.55. The number of esters is 1. The highest BCUT2D eigenvalue weighted by atomic mass is 32.2. The highest BCUT2D eigenvalue weighted by Gasteiger charge is 2.47. The molecule has 12 heteroatoms. The number of aromatic nitrogens is 1. The third-order valence-corrected chi connectivity index (χ3v) is 6.43. The summed E-state index contributed by atoms with van der Waals surface area (Å²) in [6.45, 7) is 0.410. The second-order valence-corrected chi connectivity index (χ2v) is 9.13. The molecule has 0 aliphatic rings. The number of carbonyl (C=O) groups excluding carboxylic acids is 2. The molecule has 0 radical (unpaired) electrons. The van der Waals surface area contributed by atoms with Crippen LogP contribution >= 0.6 is 0 Å². The topological polar surface area (TPSA) is 175 Å². The number of anilines is 1. The van der Waals surface area contributed by atoms with Gasteiger partial charge in [-0.1, -0.05) is 12.1 Å². The maximum atomic E-state index is 12.3. The van der Waals surface area contributed by atoms with Crippen molar-refractivity contribution in [3.8, 4) is 11.5 Å². The van der Waals surface area contributed by atoms with Crippen LogP contribution in [0.15, 0.2) is 48.7 Å². The molecule has 0 spiro atoms. The number of pyridine rings is 1. The Morgan fingerprint density at radius 2 is 1.94 bits per heavy atom. The number of hydrogen-bond acceptors (Lipinski definition) is 8. The molecule has 2 aromatic heterocycles. The number of carboxylic acids is 1. The Hall–Kier alpha value is -3.90. The Balaban J connectivity index is 1.85. The van der Waals surface area contributed by atoms with E-state index in [0.29, 0.717) is 17.4 Å². The molecule has 2 heterocycles. The van der Waals surface area contributed by atoms with Gasteiger partial charge in [-0.2, -0.15) is 0 Å². The van der Waals surface area contributed by atoms with Crippen LogP contribution in [0.1, 0.15) is 22.8 Å². The van der Waals surface area contributed by atoms with E-state index in [4.69, 9.17) is 4.74 Å². The number of hydrogen-bond donors (Lipinski definition) is 5. The number of aldehydes is 1. The number of ether oxygens (including phenoxy) is 1. The summed E-state index contributed by atoms with van der Waals surface area (Å²) in [5, 5.41) is 31.4. The zero-order valence-electron chi connectivity index (χ0n) is 17.9. The summed E-state index contributed by atoms with van der Waals surface area (Å²) in [6.07, 6.45) is 1.77. The fourth-order valence-corrected chi connectivity index (χ4v) is 3.88. The van der Waals surface area contributed by atoms with Crippen LogP contribution < -0.4 is 5.32 Å². The lowest BCUT2D eigenvalue weighted by molar-refractivity contribution is -0.146. The summed E-state index contributed by atoms with van der Waals surface area (Å²) in [4.78, 5) is 36.0. The SMILES string of the molecule is CC(COC(=O)Cc1ccc(O)c(O)c1)([C@@H](Nc1c(C=O)cc2ccccn12)C(=O)O)S(=O)O. The molecule has 0 amide bonds. The van der Waals surface area contributed by atoms with E-state index in [1.54, 1.807) is 24.4 Å². The molecule has 3 aromatic rings. The zero-order valence-corrected chi connectivity index (χ0v) is 18.7. The first-order valence-electron chi connectivity index (χ1n) is 9.89. The van der Waals surface area contributed by atoms with Crippen LogP contribution in [0.4, 0.5) is 5.82 Å². The van der Waals surface area contributed by atoms with Gasteiger partial charge in [-0.15, -0.1) is 0 Å². The van der Waals surface area contributed by atoms with Gasteiger partial charge < -0.3 is 34.3 Å². The number of aliphatic carboxylic acids is 1. The number of fused-ring (bicyclic) bond motifs is 1. The molecule has 0 bridgehead atoms. The molecule has 5 N–H and O–H groups in total. The van der Waals surface area contributed by atoms with E-state index in [-0.39, 0.29) is 23.6 Å². The Kier molecular flexibility index (Phi) is 7.23. The first-order chi connectivity index (χ1) is 16.1. The molecule has 3 atom stereocenters. The number of nitrogens with zero attached hydrogens (tertiary/aromatic N) is 1. The molecule has 2 unspecified atom stereocenters. The van der Waals surface area contributed by atoms with Crippen molar-refractivity contribution < 1.29 is 43.2 Å². The van der Waals surface area contributed by atoms with Gasteiger partial charge in [0.25, 0.3) is 0 Å². The third-order valence-electron chi connectivity index (χ3n) is 5.28. The van der Waals surface area contributed by atoms with E-state index in [1.807, 2.05) is 0 Å². The number of phenolic OH excluding ortho intramolecular Hbond substituents is 2. The highest BCUT2D eigenvalue weighted by molar-refractivity contribution is 7.80. The molecule has 1 aromatic carbocycles. The smallest absolute Gasteiger partial charge is 0.327 e. The maximum Gasteiger partial charge on any atom is 0.327 e. The second kappa shape index (κ2) is 9.93.